The van der Waals surface area contributed by atoms with E-state index in [2.05, 4.69) is 0 Å². The summed E-state index contributed by atoms with van der Waals surface area (Å²) in [5.74, 6) is -0.174. The second-order valence-electron chi connectivity index (χ2n) is 3.29. The summed E-state index contributed by atoms with van der Waals surface area (Å²) >= 11 is 0. The molecule has 0 unspecified atom stereocenters. The zero-order valence-corrected chi connectivity index (χ0v) is 7.70. The molecule has 0 saturated carbocycles. The molecule has 0 spiro atoms. The minimum Gasteiger partial charge on any atom is -0.485 e. The highest BCUT2D eigenvalue weighted by molar-refractivity contribution is 5.42. The fourth-order valence-corrected chi connectivity index (χ4v) is 1.40. The lowest BCUT2D eigenvalue weighted by molar-refractivity contribution is 0.138. The first kappa shape index (κ1) is 9.27. The van der Waals surface area contributed by atoms with Gasteiger partial charge in [-0.15, -0.1) is 0 Å². The van der Waals surface area contributed by atoms with Crippen LogP contribution in [0.2, 0.25) is 0 Å². The number of hydrogen-bond donors (Lipinski definition) is 1. The molecule has 1 atom stereocenters. The van der Waals surface area contributed by atoms with E-state index in [1.165, 1.54) is 6.07 Å². The summed E-state index contributed by atoms with van der Waals surface area (Å²) < 4.78 is 23.8. The van der Waals surface area contributed by atoms with Crippen molar-refractivity contribution in [1.82, 2.24) is 0 Å². The summed E-state index contributed by atoms with van der Waals surface area (Å²) in [5, 5.41) is 0. The lowest BCUT2D eigenvalue weighted by Gasteiger charge is -2.12. The van der Waals surface area contributed by atoms with Crippen LogP contribution in [0.5, 0.6) is 5.75 Å². The van der Waals surface area contributed by atoms with E-state index < -0.39 is 5.82 Å². The summed E-state index contributed by atoms with van der Waals surface area (Å²) in [7, 11) is 0. The molecule has 0 amide bonds. The Morgan fingerprint density at radius 1 is 1.50 bits per heavy atom. The largest absolute Gasteiger partial charge is 0.485 e. The first-order valence-corrected chi connectivity index (χ1v) is 4.55. The predicted molar refractivity (Wildman–Crippen MR) is 50.7 cm³/mol. The van der Waals surface area contributed by atoms with Crippen LogP contribution in [0.3, 0.4) is 0 Å². The van der Waals surface area contributed by atoms with Crippen molar-refractivity contribution < 1.29 is 13.9 Å². The van der Waals surface area contributed by atoms with E-state index in [0.29, 0.717) is 18.9 Å². The van der Waals surface area contributed by atoms with Crippen molar-refractivity contribution in [1.29, 1.82) is 0 Å². The molecule has 1 aliphatic rings. The Labute approximate surface area is 81.6 Å². The molecule has 2 rings (SSSR count). The molecule has 1 aromatic rings. The number of rotatable bonds is 2. The van der Waals surface area contributed by atoms with Gasteiger partial charge in [0.05, 0.1) is 13.2 Å². The van der Waals surface area contributed by atoms with Gasteiger partial charge in [-0.2, -0.15) is 0 Å². The Morgan fingerprint density at radius 2 is 2.36 bits per heavy atom. The summed E-state index contributed by atoms with van der Waals surface area (Å²) in [6.45, 7) is 1.21. The average Bonchev–Trinajstić information content (AvgIpc) is 2.62. The molecule has 1 aliphatic heterocycles. The number of nitrogens with two attached hydrogens (primary N) is 1. The third kappa shape index (κ3) is 1.96. The quantitative estimate of drug-likeness (QED) is 0.732. The molecule has 1 heterocycles. The molecule has 1 fully saturated rings. The van der Waals surface area contributed by atoms with Crippen molar-refractivity contribution in [2.75, 3.05) is 18.9 Å². The Balaban J connectivity index is 2.08. The van der Waals surface area contributed by atoms with E-state index in [4.69, 9.17) is 15.2 Å². The highest BCUT2D eigenvalue weighted by Gasteiger charge is 2.18. The standard InChI is InChI=1S/C10H12FNO2/c11-9-5-7(12)1-2-10(9)14-8-3-4-13-6-8/h1-2,5,8H,3-4,6,12H2/t8-/m1/s1. The number of ether oxygens (including phenoxy) is 2. The molecular weight excluding hydrogens is 185 g/mol. The van der Waals surface area contributed by atoms with Gasteiger partial charge in [-0.3, -0.25) is 0 Å². The lowest BCUT2D eigenvalue weighted by atomic mass is 10.2. The summed E-state index contributed by atoms with van der Waals surface area (Å²) in [4.78, 5) is 0. The monoisotopic (exact) mass is 197 g/mol. The van der Waals surface area contributed by atoms with Crippen molar-refractivity contribution in [3.8, 4) is 5.75 Å². The smallest absolute Gasteiger partial charge is 0.167 e. The molecule has 2 N–H and O–H groups in total. The Bertz CT molecular complexity index is 324. The van der Waals surface area contributed by atoms with Crippen LogP contribution >= 0.6 is 0 Å². The van der Waals surface area contributed by atoms with Crippen LogP contribution in [-0.2, 0) is 4.74 Å². The number of nitrogen functional groups attached to an aromatic ring is 1. The molecule has 0 aliphatic carbocycles. The molecule has 0 aromatic heterocycles. The average molecular weight is 197 g/mol. The van der Waals surface area contributed by atoms with Crippen molar-refractivity contribution in [2.24, 2.45) is 0 Å². The van der Waals surface area contributed by atoms with E-state index in [9.17, 15) is 4.39 Å². The topological polar surface area (TPSA) is 44.5 Å². The number of benzene rings is 1. The third-order valence-electron chi connectivity index (χ3n) is 2.14. The second kappa shape index (κ2) is 3.84. The Morgan fingerprint density at radius 3 is 3.00 bits per heavy atom. The Hall–Kier alpha value is -1.29. The maximum Gasteiger partial charge on any atom is 0.167 e. The van der Waals surface area contributed by atoms with Gasteiger partial charge in [-0.05, 0) is 12.1 Å². The maximum atomic E-state index is 13.3. The molecular formula is C10H12FNO2. The first-order valence-electron chi connectivity index (χ1n) is 4.55. The van der Waals surface area contributed by atoms with E-state index in [1.807, 2.05) is 0 Å². The highest BCUT2D eigenvalue weighted by Crippen LogP contribution is 2.22. The Kier molecular flexibility index (Phi) is 2.54. The molecule has 0 radical (unpaired) electrons. The normalized spacial score (nSPS) is 21.1. The SMILES string of the molecule is Nc1ccc(O[C@@H]2CCOC2)c(F)c1. The molecule has 4 heteroatoms. The van der Waals surface area contributed by atoms with Crippen LogP contribution in [0.1, 0.15) is 6.42 Å². The molecule has 0 bridgehead atoms. The van der Waals surface area contributed by atoms with E-state index in [-0.39, 0.29) is 11.9 Å². The zero-order valence-electron chi connectivity index (χ0n) is 7.70. The van der Waals surface area contributed by atoms with Crippen molar-refractivity contribution >= 4 is 5.69 Å². The van der Waals surface area contributed by atoms with Gasteiger partial charge in [-0.1, -0.05) is 0 Å². The molecule has 3 nitrogen and oxygen atoms in total. The van der Waals surface area contributed by atoms with Crippen LogP contribution < -0.4 is 10.5 Å². The molecule has 1 saturated heterocycles. The van der Waals surface area contributed by atoms with E-state index in [0.717, 1.165) is 6.42 Å². The van der Waals surface area contributed by atoms with Crippen LogP contribution in [-0.4, -0.2) is 19.3 Å². The lowest BCUT2D eigenvalue weighted by Crippen LogP contribution is -2.16. The number of halogens is 1. The van der Waals surface area contributed by atoms with Gasteiger partial charge >= 0.3 is 0 Å². The van der Waals surface area contributed by atoms with Crippen molar-refractivity contribution in [3.63, 3.8) is 0 Å². The highest BCUT2D eigenvalue weighted by atomic mass is 19.1. The van der Waals surface area contributed by atoms with E-state index >= 15 is 0 Å². The van der Waals surface area contributed by atoms with Gasteiger partial charge in [-0.25, -0.2) is 4.39 Å². The van der Waals surface area contributed by atoms with E-state index in [1.54, 1.807) is 12.1 Å². The van der Waals surface area contributed by atoms with Gasteiger partial charge in [0, 0.05) is 18.2 Å². The molecule has 1 aromatic carbocycles. The molecule has 14 heavy (non-hydrogen) atoms. The summed E-state index contributed by atoms with van der Waals surface area (Å²) in [6.07, 6.45) is 0.775. The second-order valence-corrected chi connectivity index (χ2v) is 3.29. The minimum atomic E-state index is -0.420. The predicted octanol–water partition coefficient (Wildman–Crippen LogP) is 1.58. The fourth-order valence-electron chi connectivity index (χ4n) is 1.40. The van der Waals surface area contributed by atoms with Crippen LogP contribution in [0, 0.1) is 5.82 Å². The van der Waals surface area contributed by atoms with Gasteiger partial charge in [0.1, 0.15) is 6.10 Å². The number of anilines is 1. The van der Waals surface area contributed by atoms with Gasteiger partial charge < -0.3 is 15.2 Å². The van der Waals surface area contributed by atoms with Crippen molar-refractivity contribution in [3.05, 3.63) is 24.0 Å². The first-order chi connectivity index (χ1) is 6.75. The van der Waals surface area contributed by atoms with Gasteiger partial charge in [0.25, 0.3) is 0 Å². The third-order valence-corrected chi connectivity index (χ3v) is 2.14. The summed E-state index contributed by atoms with van der Waals surface area (Å²) in [6, 6.07) is 4.42. The van der Waals surface area contributed by atoms with Gasteiger partial charge in [0.2, 0.25) is 0 Å². The number of hydrogen-bond acceptors (Lipinski definition) is 3. The summed E-state index contributed by atoms with van der Waals surface area (Å²) in [5.41, 5.74) is 5.82. The van der Waals surface area contributed by atoms with Gasteiger partial charge in [0.15, 0.2) is 11.6 Å². The van der Waals surface area contributed by atoms with Crippen LogP contribution in [0.25, 0.3) is 0 Å². The van der Waals surface area contributed by atoms with Crippen LogP contribution in [0.15, 0.2) is 18.2 Å². The molecule has 76 valence electrons. The zero-order chi connectivity index (χ0) is 9.97. The minimum absolute atomic E-state index is 0.0341. The fraction of sp³-hybridized carbons (Fsp3) is 0.400. The van der Waals surface area contributed by atoms with Crippen LogP contribution in [0.4, 0.5) is 10.1 Å². The van der Waals surface area contributed by atoms with Crippen molar-refractivity contribution in [2.45, 2.75) is 12.5 Å². The maximum absolute atomic E-state index is 13.3.